The van der Waals surface area contributed by atoms with Crippen molar-refractivity contribution in [2.24, 2.45) is 11.3 Å². The lowest BCUT2D eigenvalue weighted by Crippen LogP contribution is -2.35. The molecule has 2 saturated carbocycles. The number of aromatic nitrogens is 3. The van der Waals surface area contributed by atoms with Crippen molar-refractivity contribution >= 4 is 5.97 Å². The Bertz CT molecular complexity index is 518. The number of carbonyl (C=O) groups is 1. The molecule has 8 nitrogen and oxygen atoms in total. The summed E-state index contributed by atoms with van der Waals surface area (Å²) >= 11 is 0. The standard InChI is InChI=1S/C11H15N3O5/c1-19-10(18)9-12-4-14(13-9)6-5-2-11(5,3-15)8(17)7(6)16/h4-8,15-17H,2-3H2,1H3/t5-,6-,7+,8+,11+/m1/s1. The molecule has 0 radical (unpaired) electrons. The highest BCUT2D eigenvalue weighted by Gasteiger charge is 2.71. The molecular weight excluding hydrogens is 254 g/mol. The lowest BCUT2D eigenvalue weighted by atomic mass is 10.0. The molecule has 2 aliphatic rings. The van der Waals surface area contributed by atoms with E-state index in [0.29, 0.717) is 6.42 Å². The number of fused-ring (bicyclic) bond motifs is 1. The number of nitrogens with zero attached hydrogens (tertiary/aromatic N) is 3. The molecule has 1 aromatic heterocycles. The molecule has 0 amide bonds. The molecule has 3 N–H and O–H groups in total. The SMILES string of the molecule is COC(=O)c1ncn([C@H]2[C@H](O)[C@H](O)[C@]3(CO)C[C@H]23)n1. The molecular formula is C11H15N3O5. The number of carbonyl (C=O) groups excluding carboxylic acids is 1. The lowest BCUT2D eigenvalue weighted by molar-refractivity contribution is -0.0318. The fourth-order valence-electron chi connectivity index (χ4n) is 3.14. The molecule has 8 heteroatoms. The molecule has 0 saturated heterocycles. The Kier molecular flexibility index (Phi) is 2.63. The zero-order valence-corrected chi connectivity index (χ0v) is 10.3. The van der Waals surface area contributed by atoms with E-state index in [1.807, 2.05) is 0 Å². The molecule has 1 aromatic rings. The molecule has 1 heterocycles. The Hall–Kier alpha value is -1.51. The summed E-state index contributed by atoms with van der Waals surface area (Å²) in [6.45, 7) is -0.176. The van der Waals surface area contributed by atoms with Crippen LogP contribution >= 0.6 is 0 Å². The molecule has 104 valence electrons. The Morgan fingerprint density at radius 3 is 2.95 bits per heavy atom. The van der Waals surface area contributed by atoms with Crippen molar-refractivity contribution in [3.8, 4) is 0 Å². The Balaban J connectivity index is 1.88. The van der Waals surface area contributed by atoms with Crippen LogP contribution in [-0.2, 0) is 4.74 Å². The third-order valence-electron chi connectivity index (χ3n) is 4.33. The van der Waals surface area contributed by atoms with Gasteiger partial charge < -0.3 is 20.1 Å². The second kappa shape index (κ2) is 3.99. The Morgan fingerprint density at radius 2 is 2.37 bits per heavy atom. The van der Waals surface area contributed by atoms with Gasteiger partial charge in [-0.3, -0.25) is 0 Å². The van der Waals surface area contributed by atoms with E-state index in [2.05, 4.69) is 14.8 Å². The maximum absolute atomic E-state index is 11.3. The van der Waals surface area contributed by atoms with Gasteiger partial charge in [0.05, 0.1) is 25.9 Å². The third kappa shape index (κ3) is 1.54. The largest absolute Gasteiger partial charge is 0.463 e. The van der Waals surface area contributed by atoms with Crippen molar-refractivity contribution in [3.63, 3.8) is 0 Å². The molecule has 19 heavy (non-hydrogen) atoms. The first kappa shape index (κ1) is 12.5. The molecule has 0 spiro atoms. The number of ether oxygens (including phenoxy) is 1. The Morgan fingerprint density at radius 1 is 1.63 bits per heavy atom. The van der Waals surface area contributed by atoms with E-state index in [4.69, 9.17) is 0 Å². The zero-order valence-electron chi connectivity index (χ0n) is 10.3. The first-order valence-electron chi connectivity index (χ1n) is 6.01. The van der Waals surface area contributed by atoms with Gasteiger partial charge >= 0.3 is 5.97 Å². The highest BCUT2D eigenvalue weighted by atomic mass is 16.5. The molecule has 5 atom stereocenters. The highest BCUT2D eigenvalue weighted by molar-refractivity contribution is 5.84. The van der Waals surface area contributed by atoms with Crippen LogP contribution in [0.5, 0.6) is 0 Å². The van der Waals surface area contributed by atoms with Gasteiger partial charge in [0.2, 0.25) is 0 Å². The van der Waals surface area contributed by atoms with E-state index < -0.39 is 29.6 Å². The summed E-state index contributed by atoms with van der Waals surface area (Å²) in [6.07, 6.45) is -0.0605. The number of methoxy groups -OCH3 is 1. The van der Waals surface area contributed by atoms with Crippen LogP contribution in [0, 0.1) is 11.3 Å². The maximum atomic E-state index is 11.3. The van der Waals surface area contributed by atoms with Gasteiger partial charge in [0.25, 0.3) is 5.82 Å². The maximum Gasteiger partial charge on any atom is 0.377 e. The third-order valence-corrected chi connectivity index (χ3v) is 4.33. The minimum absolute atomic E-state index is 0.0605. The number of esters is 1. The van der Waals surface area contributed by atoms with Gasteiger partial charge in [0, 0.05) is 5.41 Å². The monoisotopic (exact) mass is 269 g/mol. The van der Waals surface area contributed by atoms with E-state index in [9.17, 15) is 20.1 Å². The summed E-state index contributed by atoms with van der Waals surface area (Å²) < 4.78 is 5.88. The summed E-state index contributed by atoms with van der Waals surface area (Å²) in [5.74, 6) is -0.808. The predicted molar refractivity (Wildman–Crippen MR) is 60.0 cm³/mol. The summed E-state index contributed by atoms with van der Waals surface area (Å²) in [5, 5.41) is 33.4. The second-order valence-electron chi connectivity index (χ2n) is 5.17. The smallest absolute Gasteiger partial charge is 0.377 e. The summed E-state index contributed by atoms with van der Waals surface area (Å²) in [7, 11) is 1.23. The minimum Gasteiger partial charge on any atom is -0.463 e. The normalized spacial score (nSPS) is 40.0. The quantitative estimate of drug-likeness (QED) is 0.562. The zero-order chi connectivity index (χ0) is 13.8. The van der Waals surface area contributed by atoms with Gasteiger partial charge in [-0.05, 0) is 12.3 Å². The van der Waals surface area contributed by atoms with Gasteiger partial charge in [-0.15, -0.1) is 5.10 Å². The Labute approximate surface area is 108 Å². The van der Waals surface area contributed by atoms with Gasteiger partial charge in [-0.2, -0.15) is 0 Å². The van der Waals surface area contributed by atoms with Crippen molar-refractivity contribution < 1.29 is 24.9 Å². The van der Waals surface area contributed by atoms with Crippen molar-refractivity contribution in [2.45, 2.75) is 24.7 Å². The van der Waals surface area contributed by atoms with E-state index in [0.717, 1.165) is 0 Å². The highest BCUT2D eigenvalue weighted by Crippen LogP contribution is 2.67. The average Bonchev–Trinajstić information content (AvgIpc) is 2.86. The lowest BCUT2D eigenvalue weighted by Gasteiger charge is -2.22. The minimum atomic E-state index is -1.03. The predicted octanol–water partition coefficient (Wildman–Crippen LogP) is -1.66. The van der Waals surface area contributed by atoms with Crippen LogP contribution in [0.15, 0.2) is 6.33 Å². The van der Waals surface area contributed by atoms with E-state index >= 15 is 0 Å². The van der Waals surface area contributed by atoms with Crippen molar-refractivity contribution in [2.75, 3.05) is 13.7 Å². The first-order valence-corrected chi connectivity index (χ1v) is 6.01. The molecule has 2 fully saturated rings. The fraction of sp³-hybridized carbons (Fsp3) is 0.727. The van der Waals surface area contributed by atoms with E-state index in [-0.39, 0.29) is 18.3 Å². The molecule has 0 aliphatic heterocycles. The van der Waals surface area contributed by atoms with Crippen LogP contribution in [0.2, 0.25) is 0 Å². The summed E-state index contributed by atoms with van der Waals surface area (Å²) in [6, 6.07) is -0.479. The van der Waals surface area contributed by atoms with Crippen LogP contribution in [-0.4, -0.2) is 62.0 Å². The molecule has 2 aliphatic carbocycles. The molecule has 0 bridgehead atoms. The van der Waals surface area contributed by atoms with Gasteiger partial charge in [0.1, 0.15) is 12.4 Å². The number of hydrogen-bond donors (Lipinski definition) is 3. The van der Waals surface area contributed by atoms with E-state index in [1.165, 1.54) is 18.1 Å². The van der Waals surface area contributed by atoms with Crippen molar-refractivity contribution in [3.05, 3.63) is 12.2 Å². The molecule has 0 aromatic carbocycles. The molecule has 0 unspecified atom stereocenters. The van der Waals surface area contributed by atoms with Crippen molar-refractivity contribution in [1.29, 1.82) is 0 Å². The van der Waals surface area contributed by atoms with Crippen LogP contribution in [0.3, 0.4) is 0 Å². The number of hydrogen-bond acceptors (Lipinski definition) is 7. The number of aliphatic hydroxyl groups excluding tert-OH is 3. The number of aliphatic hydroxyl groups is 3. The first-order chi connectivity index (χ1) is 9.05. The van der Waals surface area contributed by atoms with Crippen LogP contribution in [0.25, 0.3) is 0 Å². The van der Waals surface area contributed by atoms with E-state index in [1.54, 1.807) is 0 Å². The average molecular weight is 269 g/mol. The summed E-state index contributed by atoms with van der Waals surface area (Å²) in [4.78, 5) is 15.1. The fourth-order valence-corrected chi connectivity index (χ4v) is 3.14. The van der Waals surface area contributed by atoms with Gasteiger partial charge in [0.15, 0.2) is 0 Å². The second-order valence-corrected chi connectivity index (χ2v) is 5.17. The van der Waals surface area contributed by atoms with Crippen LogP contribution in [0.1, 0.15) is 23.1 Å². The summed E-state index contributed by atoms with van der Waals surface area (Å²) in [5.41, 5.74) is -0.637. The number of rotatable bonds is 3. The topological polar surface area (TPSA) is 118 Å². The van der Waals surface area contributed by atoms with Gasteiger partial charge in [-0.1, -0.05) is 0 Å². The van der Waals surface area contributed by atoms with Gasteiger partial charge in [-0.25, -0.2) is 14.5 Å². The van der Waals surface area contributed by atoms with Crippen LogP contribution < -0.4 is 0 Å². The van der Waals surface area contributed by atoms with Crippen LogP contribution in [0.4, 0.5) is 0 Å². The van der Waals surface area contributed by atoms with Crippen molar-refractivity contribution in [1.82, 2.24) is 14.8 Å². The molecule has 3 rings (SSSR count).